The number of ether oxygens (including phenoxy) is 1. The van der Waals surface area contributed by atoms with Gasteiger partial charge in [0.2, 0.25) is 0 Å². The lowest BCUT2D eigenvalue weighted by Gasteiger charge is -2.11. The first kappa shape index (κ1) is 15.0. The molecular weight excluding hydrogens is 284 g/mol. The molecule has 1 amide bonds. The van der Waals surface area contributed by atoms with Gasteiger partial charge in [-0.1, -0.05) is 24.3 Å². The standard InChI is InChI=1S/C16H16N2O2S/c1-2-20-14-10-6-9-13(11-14)17-16(21)18-15(19)12-7-4-3-5-8-12/h3-11H,2H2,1H3,(H2,17,18,19,21). The Kier molecular flexibility index (Phi) is 5.29. The van der Waals surface area contributed by atoms with Crippen LogP contribution in [0.25, 0.3) is 0 Å². The van der Waals surface area contributed by atoms with Gasteiger partial charge in [0.25, 0.3) is 5.91 Å². The van der Waals surface area contributed by atoms with Gasteiger partial charge in [0.05, 0.1) is 6.61 Å². The van der Waals surface area contributed by atoms with Crippen LogP contribution in [0.3, 0.4) is 0 Å². The SMILES string of the molecule is CCOc1cccc(NC(=S)NC(=O)c2ccccc2)c1. The van der Waals surface area contributed by atoms with Crippen molar-refractivity contribution in [2.24, 2.45) is 0 Å². The zero-order chi connectivity index (χ0) is 15.1. The summed E-state index contributed by atoms with van der Waals surface area (Å²) >= 11 is 5.14. The number of hydrogen-bond donors (Lipinski definition) is 2. The fourth-order valence-electron chi connectivity index (χ4n) is 1.76. The van der Waals surface area contributed by atoms with E-state index < -0.39 is 0 Å². The molecule has 0 spiro atoms. The molecule has 108 valence electrons. The van der Waals surface area contributed by atoms with Crippen molar-refractivity contribution < 1.29 is 9.53 Å². The van der Waals surface area contributed by atoms with Crippen molar-refractivity contribution in [3.8, 4) is 5.75 Å². The molecule has 0 atom stereocenters. The van der Waals surface area contributed by atoms with E-state index in [9.17, 15) is 4.79 Å². The van der Waals surface area contributed by atoms with Crippen molar-refractivity contribution in [1.29, 1.82) is 0 Å². The predicted octanol–water partition coefficient (Wildman–Crippen LogP) is 3.21. The van der Waals surface area contributed by atoms with Gasteiger partial charge in [-0.2, -0.15) is 0 Å². The van der Waals surface area contributed by atoms with Crippen molar-refractivity contribution in [1.82, 2.24) is 5.32 Å². The van der Waals surface area contributed by atoms with E-state index in [1.165, 1.54) is 0 Å². The van der Waals surface area contributed by atoms with Gasteiger partial charge in [-0.25, -0.2) is 0 Å². The Morgan fingerprint density at radius 2 is 1.90 bits per heavy atom. The number of benzene rings is 2. The fraction of sp³-hybridized carbons (Fsp3) is 0.125. The van der Waals surface area contributed by atoms with Gasteiger partial charge in [-0.15, -0.1) is 0 Å². The van der Waals surface area contributed by atoms with Crippen LogP contribution in [0.2, 0.25) is 0 Å². The number of rotatable bonds is 4. The number of nitrogens with one attached hydrogen (secondary N) is 2. The van der Waals surface area contributed by atoms with Crippen LogP contribution >= 0.6 is 12.2 Å². The highest BCUT2D eigenvalue weighted by atomic mass is 32.1. The molecule has 0 aliphatic carbocycles. The molecule has 2 N–H and O–H groups in total. The maximum absolute atomic E-state index is 12.0. The van der Waals surface area contributed by atoms with Crippen LogP contribution < -0.4 is 15.4 Å². The topological polar surface area (TPSA) is 50.4 Å². The van der Waals surface area contributed by atoms with Crippen LogP contribution in [0.5, 0.6) is 5.75 Å². The third-order valence-corrected chi connectivity index (χ3v) is 2.87. The van der Waals surface area contributed by atoms with Gasteiger partial charge in [-0.05, 0) is 43.4 Å². The molecule has 0 saturated carbocycles. The minimum absolute atomic E-state index is 0.242. The number of amides is 1. The molecule has 2 rings (SSSR count). The molecule has 0 aliphatic heterocycles. The largest absolute Gasteiger partial charge is 0.494 e. The molecular formula is C16H16N2O2S. The van der Waals surface area contributed by atoms with Crippen molar-refractivity contribution >= 4 is 28.9 Å². The van der Waals surface area contributed by atoms with E-state index in [0.717, 1.165) is 11.4 Å². The summed E-state index contributed by atoms with van der Waals surface area (Å²) in [6.45, 7) is 2.52. The highest BCUT2D eigenvalue weighted by Gasteiger charge is 2.07. The summed E-state index contributed by atoms with van der Waals surface area (Å²) in [5.74, 6) is 0.508. The Labute approximate surface area is 129 Å². The second-order valence-corrected chi connectivity index (χ2v) is 4.64. The number of thiocarbonyl (C=S) groups is 1. The quantitative estimate of drug-likeness (QED) is 0.851. The van der Waals surface area contributed by atoms with Crippen molar-refractivity contribution in [2.45, 2.75) is 6.92 Å². The van der Waals surface area contributed by atoms with Gasteiger partial charge in [-0.3, -0.25) is 10.1 Å². The summed E-state index contributed by atoms with van der Waals surface area (Å²) in [4.78, 5) is 12.0. The van der Waals surface area contributed by atoms with E-state index in [0.29, 0.717) is 12.2 Å². The van der Waals surface area contributed by atoms with Crippen molar-refractivity contribution in [2.75, 3.05) is 11.9 Å². The summed E-state index contributed by atoms with van der Waals surface area (Å²) in [5.41, 5.74) is 1.32. The average Bonchev–Trinajstić information content (AvgIpc) is 2.48. The molecule has 0 radical (unpaired) electrons. The Morgan fingerprint density at radius 1 is 1.14 bits per heavy atom. The van der Waals surface area contributed by atoms with E-state index in [1.54, 1.807) is 24.3 Å². The van der Waals surface area contributed by atoms with Crippen LogP contribution in [-0.2, 0) is 0 Å². The highest BCUT2D eigenvalue weighted by Crippen LogP contribution is 2.17. The Balaban J connectivity index is 1.95. The minimum atomic E-state index is -0.242. The normalized spacial score (nSPS) is 9.76. The molecule has 2 aromatic carbocycles. The maximum atomic E-state index is 12.0. The van der Waals surface area contributed by atoms with Crippen LogP contribution in [0.15, 0.2) is 54.6 Å². The lowest BCUT2D eigenvalue weighted by atomic mass is 10.2. The molecule has 0 saturated heterocycles. The van der Waals surface area contributed by atoms with E-state index in [4.69, 9.17) is 17.0 Å². The molecule has 0 fully saturated rings. The summed E-state index contributed by atoms with van der Waals surface area (Å²) in [7, 11) is 0. The Morgan fingerprint density at radius 3 is 2.62 bits per heavy atom. The van der Waals surface area contributed by atoms with E-state index in [2.05, 4.69) is 10.6 Å². The molecule has 0 aliphatic rings. The molecule has 5 heteroatoms. The van der Waals surface area contributed by atoms with Crippen molar-refractivity contribution in [3.05, 3.63) is 60.2 Å². The molecule has 0 unspecified atom stereocenters. The lowest BCUT2D eigenvalue weighted by Crippen LogP contribution is -2.34. The zero-order valence-corrected chi connectivity index (χ0v) is 12.4. The summed E-state index contributed by atoms with van der Waals surface area (Å²) < 4.78 is 5.41. The van der Waals surface area contributed by atoms with E-state index in [1.807, 2.05) is 37.3 Å². The first-order chi connectivity index (χ1) is 10.2. The smallest absolute Gasteiger partial charge is 0.257 e. The number of hydrogen-bond acceptors (Lipinski definition) is 3. The maximum Gasteiger partial charge on any atom is 0.257 e. The van der Waals surface area contributed by atoms with Crippen LogP contribution in [0.4, 0.5) is 5.69 Å². The monoisotopic (exact) mass is 300 g/mol. The van der Waals surface area contributed by atoms with E-state index in [-0.39, 0.29) is 11.0 Å². The Bertz CT molecular complexity index is 629. The van der Waals surface area contributed by atoms with Gasteiger partial charge >= 0.3 is 0 Å². The van der Waals surface area contributed by atoms with Gasteiger partial charge in [0.1, 0.15) is 5.75 Å². The minimum Gasteiger partial charge on any atom is -0.494 e. The molecule has 21 heavy (non-hydrogen) atoms. The highest BCUT2D eigenvalue weighted by molar-refractivity contribution is 7.80. The van der Waals surface area contributed by atoms with Crippen LogP contribution in [0.1, 0.15) is 17.3 Å². The zero-order valence-electron chi connectivity index (χ0n) is 11.6. The molecule has 0 bridgehead atoms. The van der Waals surface area contributed by atoms with Gasteiger partial charge in [0.15, 0.2) is 5.11 Å². The Hall–Kier alpha value is -2.40. The number of anilines is 1. The first-order valence-electron chi connectivity index (χ1n) is 6.59. The molecule has 0 aromatic heterocycles. The second kappa shape index (κ2) is 7.40. The van der Waals surface area contributed by atoms with Crippen molar-refractivity contribution in [3.63, 3.8) is 0 Å². The lowest BCUT2D eigenvalue weighted by molar-refractivity contribution is 0.0978. The predicted molar refractivity (Wildman–Crippen MR) is 87.7 cm³/mol. The van der Waals surface area contributed by atoms with Crippen LogP contribution in [-0.4, -0.2) is 17.6 Å². The first-order valence-corrected chi connectivity index (χ1v) is 7.00. The third kappa shape index (κ3) is 4.57. The number of carbonyl (C=O) groups is 1. The van der Waals surface area contributed by atoms with Gasteiger partial charge in [0, 0.05) is 17.3 Å². The molecule has 2 aromatic rings. The summed E-state index contributed by atoms with van der Waals surface area (Å²) in [6, 6.07) is 16.3. The second-order valence-electron chi connectivity index (χ2n) is 4.24. The molecule has 0 heterocycles. The number of carbonyl (C=O) groups excluding carboxylic acids is 1. The third-order valence-electron chi connectivity index (χ3n) is 2.67. The molecule has 4 nitrogen and oxygen atoms in total. The van der Waals surface area contributed by atoms with E-state index >= 15 is 0 Å². The van der Waals surface area contributed by atoms with Gasteiger partial charge < -0.3 is 10.1 Å². The summed E-state index contributed by atoms with van der Waals surface area (Å²) in [6.07, 6.45) is 0. The summed E-state index contributed by atoms with van der Waals surface area (Å²) in [5, 5.41) is 5.85. The fourth-order valence-corrected chi connectivity index (χ4v) is 1.97. The van der Waals surface area contributed by atoms with Crippen LogP contribution in [0, 0.1) is 0 Å². The average molecular weight is 300 g/mol.